The first-order valence-electron chi connectivity index (χ1n) is 26.7. The van der Waals surface area contributed by atoms with Crippen molar-refractivity contribution in [1.29, 1.82) is 0 Å². The molecule has 0 amide bonds. The molecular formula is C61H98O5. The monoisotopic (exact) mass is 911 g/mol. The fraction of sp³-hybridized carbons (Fsp3) is 0.607. The number of hydrogen-bond acceptors (Lipinski definition) is 5. The molecule has 66 heavy (non-hydrogen) atoms. The quantitative estimate of drug-likeness (QED) is 0.0346. The molecule has 0 rings (SSSR count). The lowest BCUT2D eigenvalue weighted by molar-refractivity contribution is -0.163. The van der Waals surface area contributed by atoms with Crippen molar-refractivity contribution < 1.29 is 23.8 Å². The van der Waals surface area contributed by atoms with E-state index in [1.807, 2.05) is 0 Å². The molecule has 0 fully saturated rings. The van der Waals surface area contributed by atoms with Gasteiger partial charge >= 0.3 is 11.9 Å². The van der Waals surface area contributed by atoms with Gasteiger partial charge in [-0.3, -0.25) is 9.59 Å². The van der Waals surface area contributed by atoms with Crippen LogP contribution in [0.2, 0.25) is 0 Å². The lowest BCUT2D eigenvalue weighted by Gasteiger charge is -2.18. The second-order valence-corrected chi connectivity index (χ2v) is 17.0. The topological polar surface area (TPSA) is 61.8 Å². The molecule has 5 nitrogen and oxygen atoms in total. The molecule has 0 saturated carbocycles. The van der Waals surface area contributed by atoms with Crippen LogP contribution in [0.15, 0.2) is 134 Å². The molecule has 0 heterocycles. The summed E-state index contributed by atoms with van der Waals surface area (Å²) >= 11 is 0. The molecule has 0 aromatic heterocycles. The van der Waals surface area contributed by atoms with Crippen LogP contribution < -0.4 is 0 Å². The zero-order valence-electron chi connectivity index (χ0n) is 42.7. The summed E-state index contributed by atoms with van der Waals surface area (Å²) in [5.41, 5.74) is 0. The van der Waals surface area contributed by atoms with E-state index in [1.54, 1.807) is 0 Å². The highest BCUT2D eigenvalue weighted by molar-refractivity contribution is 5.70. The molecule has 0 aliphatic carbocycles. The number of carbonyl (C=O) groups excluding carboxylic acids is 2. The lowest BCUT2D eigenvalue weighted by atomic mass is 10.1. The maximum Gasteiger partial charge on any atom is 0.306 e. The largest absolute Gasteiger partial charge is 0.462 e. The Bertz CT molecular complexity index is 1400. The van der Waals surface area contributed by atoms with Crippen LogP contribution in [-0.4, -0.2) is 37.9 Å². The van der Waals surface area contributed by atoms with Crippen LogP contribution in [0.25, 0.3) is 0 Å². The highest BCUT2D eigenvalue weighted by Crippen LogP contribution is 2.12. The third kappa shape index (κ3) is 52.7. The van der Waals surface area contributed by atoms with Gasteiger partial charge in [-0.1, -0.05) is 206 Å². The van der Waals surface area contributed by atoms with Gasteiger partial charge in [0.1, 0.15) is 6.61 Å². The summed E-state index contributed by atoms with van der Waals surface area (Å²) in [6.45, 7) is 7.38. The number of hydrogen-bond donors (Lipinski definition) is 0. The SMILES string of the molecule is CC/C=C\C/C=C\C/C=C\C/C=C\C/C=C\CCCCCC(=O)OCC(COCCC/C=C\C/C=C\C/C=C\C/C=C\CC)OC(=O)CCCCCCCCC/C=C\C/C=C\CCCCC. The van der Waals surface area contributed by atoms with Gasteiger partial charge in [0.2, 0.25) is 0 Å². The van der Waals surface area contributed by atoms with Gasteiger partial charge in [0, 0.05) is 19.4 Å². The first-order valence-corrected chi connectivity index (χ1v) is 26.7. The molecule has 0 aromatic carbocycles. The van der Waals surface area contributed by atoms with Crippen molar-refractivity contribution in [3.8, 4) is 0 Å². The van der Waals surface area contributed by atoms with Gasteiger partial charge < -0.3 is 14.2 Å². The van der Waals surface area contributed by atoms with Crippen molar-refractivity contribution in [2.75, 3.05) is 19.8 Å². The maximum absolute atomic E-state index is 12.8. The van der Waals surface area contributed by atoms with Crippen molar-refractivity contribution >= 4 is 11.9 Å². The molecule has 0 N–H and O–H groups in total. The van der Waals surface area contributed by atoms with Gasteiger partial charge in [-0.25, -0.2) is 0 Å². The molecule has 1 atom stereocenters. The van der Waals surface area contributed by atoms with Crippen LogP contribution in [0.4, 0.5) is 0 Å². The smallest absolute Gasteiger partial charge is 0.306 e. The fourth-order valence-electron chi connectivity index (χ4n) is 6.75. The summed E-state index contributed by atoms with van der Waals surface area (Å²) in [5.74, 6) is -0.483. The molecule has 0 aliphatic rings. The number of ether oxygens (including phenoxy) is 3. The molecule has 0 radical (unpaired) electrons. The standard InChI is InChI=1S/C61H98O5/c1-4-7-10-13-16-19-22-25-28-30-31-33-34-36-39-42-45-48-51-54-60(62)65-58-59(57-64-56-53-50-47-44-41-38-27-24-21-18-15-12-9-6-3)66-61(63)55-52-49-46-43-40-37-35-32-29-26-23-20-17-14-11-8-5-2/h7,9-10,12,16-21,25-29,31,33,36,38-39,44,47,59H,4-6,8,11,13-15,22-24,30,32,34-35,37,40-43,45-46,48-58H2,1-3H3/b10-7-,12-9-,19-16-,20-17-,21-18-,28-25-,29-26-,33-31-,38-27-,39-36-,47-44-. The minimum atomic E-state index is -0.593. The van der Waals surface area contributed by atoms with Crippen molar-refractivity contribution in [3.05, 3.63) is 134 Å². The van der Waals surface area contributed by atoms with Crippen molar-refractivity contribution in [2.45, 2.75) is 219 Å². The summed E-state index contributed by atoms with van der Waals surface area (Å²) in [4.78, 5) is 25.5. The minimum absolute atomic E-state index is 0.0341. The molecule has 0 aromatic rings. The van der Waals surface area contributed by atoms with E-state index >= 15 is 0 Å². The predicted molar refractivity (Wildman–Crippen MR) is 288 cm³/mol. The van der Waals surface area contributed by atoms with E-state index in [9.17, 15) is 9.59 Å². The Hall–Kier alpha value is -3.96. The molecule has 0 saturated heterocycles. The Morgan fingerprint density at radius 3 is 1.11 bits per heavy atom. The van der Waals surface area contributed by atoms with Gasteiger partial charge in [-0.15, -0.1) is 0 Å². The molecule has 0 spiro atoms. The van der Waals surface area contributed by atoms with Crippen LogP contribution >= 0.6 is 0 Å². The van der Waals surface area contributed by atoms with Gasteiger partial charge in [0.05, 0.1) is 6.61 Å². The number of esters is 2. The Morgan fingerprint density at radius 2 is 0.682 bits per heavy atom. The second-order valence-electron chi connectivity index (χ2n) is 17.0. The van der Waals surface area contributed by atoms with Gasteiger partial charge in [-0.05, 0) is 128 Å². The van der Waals surface area contributed by atoms with E-state index in [2.05, 4.69) is 154 Å². The van der Waals surface area contributed by atoms with E-state index < -0.39 is 6.10 Å². The fourth-order valence-corrected chi connectivity index (χ4v) is 6.75. The number of allylic oxidation sites excluding steroid dienone is 22. The Kier molecular flexibility index (Phi) is 52.0. The van der Waals surface area contributed by atoms with Crippen molar-refractivity contribution in [3.63, 3.8) is 0 Å². The predicted octanol–water partition coefficient (Wildman–Crippen LogP) is 18.3. The third-order valence-electron chi connectivity index (χ3n) is 10.7. The van der Waals surface area contributed by atoms with Crippen LogP contribution in [0, 0.1) is 0 Å². The molecular weight excluding hydrogens is 813 g/mol. The van der Waals surface area contributed by atoms with Gasteiger partial charge in [-0.2, -0.15) is 0 Å². The molecule has 5 heteroatoms. The van der Waals surface area contributed by atoms with Crippen LogP contribution in [-0.2, 0) is 23.8 Å². The highest BCUT2D eigenvalue weighted by atomic mass is 16.6. The third-order valence-corrected chi connectivity index (χ3v) is 10.7. The summed E-state index contributed by atoms with van der Waals surface area (Å²) in [6, 6.07) is 0. The van der Waals surface area contributed by atoms with Crippen LogP contribution in [0.3, 0.4) is 0 Å². The summed E-state index contributed by atoms with van der Waals surface area (Å²) in [7, 11) is 0. The number of rotatable bonds is 47. The van der Waals surface area contributed by atoms with E-state index in [-0.39, 0.29) is 25.2 Å². The Morgan fingerprint density at radius 1 is 0.348 bits per heavy atom. The first kappa shape index (κ1) is 62.0. The Labute approximate surface area is 407 Å². The normalized spacial score (nSPS) is 13.3. The summed E-state index contributed by atoms with van der Waals surface area (Å²) in [6.07, 6.45) is 79.0. The maximum atomic E-state index is 12.8. The van der Waals surface area contributed by atoms with E-state index in [0.29, 0.717) is 19.4 Å². The molecule has 0 bridgehead atoms. The van der Waals surface area contributed by atoms with Crippen LogP contribution in [0.5, 0.6) is 0 Å². The average Bonchev–Trinajstić information content (AvgIpc) is 3.32. The van der Waals surface area contributed by atoms with E-state index in [0.717, 1.165) is 128 Å². The number of unbranched alkanes of at least 4 members (excludes halogenated alkanes) is 14. The molecule has 1 unspecified atom stereocenters. The minimum Gasteiger partial charge on any atom is -0.462 e. The second kappa shape index (κ2) is 55.4. The Balaban J connectivity index is 4.44. The molecule has 372 valence electrons. The van der Waals surface area contributed by atoms with E-state index in [4.69, 9.17) is 14.2 Å². The summed E-state index contributed by atoms with van der Waals surface area (Å²) < 4.78 is 17.3. The number of carbonyl (C=O) groups is 2. The van der Waals surface area contributed by atoms with E-state index in [1.165, 1.54) is 51.4 Å². The first-order chi connectivity index (χ1) is 32.6. The zero-order chi connectivity index (χ0) is 47.7. The van der Waals surface area contributed by atoms with Crippen LogP contribution in [0.1, 0.15) is 213 Å². The van der Waals surface area contributed by atoms with Crippen molar-refractivity contribution in [1.82, 2.24) is 0 Å². The lowest BCUT2D eigenvalue weighted by Crippen LogP contribution is -2.30. The highest BCUT2D eigenvalue weighted by Gasteiger charge is 2.17. The molecule has 0 aliphatic heterocycles. The average molecular weight is 911 g/mol. The van der Waals surface area contributed by atoms with Gasteiger partial charge in [0.15, 0.2) is 6.10 Å². The van der Waals surface area contributed by atoms with Crippen molar-refractivity contribution in [2.24, 2.45) is 0 Å². The van der Waals surface area contributed by atoms with Gasteiger partial charge in [0.25, 0.3) is 0 Å². The zero-order valence-corrected chi connectivity index (χ0v) is 42.7. The summed E-state index contributed by atoms with van der Waals surface area (Å²) in [5, 5.41) is 0.